The van der Waals surface area contributed by atoms with Gasteiger partial charge >= 0.3 is 0 Å². The minimum Gasteiger partial charge on any atom is -0.466 e. The number of ether oxygens (including phenoxy) is 1. The summed E-state index contributed by atoms with van der Waals surface area (Å²) in [6.45, 7) is 5.97. The second kappa shape index (κ2) is 9.22. The lowest BCUT2D eigenvalue weighted by Crippen LogP contribution is -2.41. The van der Waals surface area contributed by atoms with E-state index in [0.717, 1.165) is 36.7 Å². The second-order valence-corrected chi connectivity index (χ2v) is 7.12. The number of guanidine groups is 1. The van der Waals surface area contributed by atoms with Gasteiger partial charge in [0.1, 0.15) is 6.10 Å². The molecule has 0 bridgehead atoms. The largest absolute Gasteiger partial charge is 0.466 e. The molecule has 0 N–H and O–H groups in total. The molecule has 134 valence electrons. The first-order chi connectivity index (χ1) is 11.6. The summed E-state index contributed by atoms with van der Waals surface area (Å²) in [5, 5.41) is 5.13. The van der Waals surface area contributed by atoms with Gasteiger partial charge in [0.2, 0.25) is 10.8 Å². The van der Waals surface area contributed by atoms with Gasteiger partial charge in [-0.15, -0.1) is 5.10 Å². The third-order valence-electron chi connectivity index (χ3n) is 4.10. The molecule has 1 aromatic heterocycles. The maximum Gasteiger partial charge on any atom is 0.295 e. The molecule has 0 radical (unpaired) electrons. The predicted octanol–water partition coefficient (Wildman–Crippen LogP) is 2.16. The van der Waals surface area contributed by atoms with Crippen molar-refractivity contribution >= 4 is 35.5 Å². The van der Waals surface area contributed by atoms with Crippen molar-refractivity contribution in [2.24, 2.45) is 20.9 Å². The first kappa shape index (κ1) is 19.0. The lowest BCUT2D eigenvalue weighted by molar-refractivity contribution is 0.107. The van der Waals surface area contributed by atoms with Crippen molar-refractivity contribution in [2.75, 3.05) is 33.4 Å². The molecule has 2 rings (SSSR count). The van der Waals surface area contributed by atoms with E-state index in [1.165, 1.54) is 23.3 Å². The summed E-state index contributed by atoms with van der Waals surface area (Å²) < 4.78 is 7.88. The van der Waals surface area contributed by atoms with Gasteiger partial charge in [-0.25, -0.2) is 4.99 Å². The number of likely N-dealkylation sites (tertiary alicyclic amines) is 1. The van der Waals surface area contributed by atoms with Gasteiger partial charge in [0.05, 0.1) is 0 Å². The Morgan fingerprint density at radius 2 is 2.12 bits per heavy atom. The van der Waals surface area contributed by atoms with Crippen LogP contribution in [0, 0.1) is 5.92 Å². The summed E-state index contributed by atoms with van der Waals surface area (Å²) in [6.07, 6.45) is 6.04. The molecule has 2 heterocycles. The lowest BCUT2D eigenvalue weighted by Gasteiger charge is -2.34. The van der Waals surface area contributed by atoms with E-state index in [2.05, 4.69) is 31.9 Å². The van der Waals surface area contributed by atoms with Crippen LogP contribution in [-0.2, 0) is 0 Å². The maximum atomic E-state index is 6.08. The highest BCUT2D eigenvalue weighted by molar-refractivity contribution is 7.97. The Morgan fingerprint density at radius 1 is 1.42 bits per heavy atom. The standard InChI is InChI=1S/C15H26N6OS2/c1-6-18-13(16-3)20-9-7-12(8-10-20)11(2)22-15-19-21(23-5)14(17-4)24-15/h6,11-12H,7-10H2,1-5H3/b16-13+,17-14+,18-6-/t11-/m0/s1. The number of aromatic nitrogens is 2. The molecule has 0 aromatic carbocycles. The van der Waals surface area contributed by atoms with Crippen molar-refractivity contribution in [1.29, 1.82) is 0 Å². The van der Waals surface area contributed by atoms with Gasteiger partial charge in [0.15, 0.2) is 0 Å². The van der Waals surface area contributed by atoms with E-state index in [0.29, 0.717) is 11.1 Å². The Hall–Kier alpha value is -1.35. The van der Waals surface area contributed by atoms with Crippen LogP contribution in [0.1, 0.15) is 26.7 Å². The summed E-state index contributed by atoms with van der Waals surface area (Å²) in [4.78, 5) is 15.9. The highest BCUT2D eigenvalue weighted by atomic mass is 32.2. The number of nitrogens with zero attached hydrogens (tertiary/aromatic N) is 6. The highest BCUT2D eigenvalue weighted by Gasteiger charge is 2.27. The van der Waals surface area contributed by atoms with Crippen molar-refractivity contribution in [3.63, 3.8) is 0 Å². The Bertz CT molecular complexity index is 643. The summed E-state index contributed by atoms with van der Waals surface area (Å²) in [5.74, 6) is 1.33. The molecule has 1 saturated heterocycles. The third kappa shape index (κ3) is 4.60. The summed E-state index contributed by atoms with van der Waals surface area (Å²) >= 11 is 3.01. The Morgan fingerprint density at radius 3 is 2.62 bits per heavy atom. The van der Waals surface area contributed by atoms with Crippen LogP contribution < -0.4 is 9.54 Å². The molecule has 0 saturated carbocycles. The molecule has 7 nitrogen and oxygen atoms in total. The molecule has 0 amide bonds. The van der Waals surface area contributed by atoms with E-state index < -0.39 is 0 Å². The van der Waals surface area contributed by atoms with Crippen molar-refractivity contribution in [3.05, 3.63) is 4.80 Å². The molecule has 0 spiro atoms. The van der Waals surface area contributed by atoms with E-state index in [1.54, 1.807) is 24.4 Å². The fraction of sp³-hybridized carbons (Fsp3) is 0.733. The molecular formula is C15H26N6OS2. The number of hydrogen-bond donors (Lipinski definition) is 0. The van der Waals surface area contributed by atoms with E-state index in [1.807, 2.05) is 13.2 Å². The van der Waals surface area contributed by atoms with Gasteiger partial charge in [-0.1, -0.05) is 0 Å². The number of rotatable bonds is 4. The van der Waals surface area contributed by atoms with Gasteiger partial charge in [-0.05, 0) is 55.9 Å². The Balaban J connectivity index is 1.93. The third-order valence-corrected chi connectivity index (χ3v) is 5.70. The first-order valence-corrected chi connectivity index (χ1v) is 10.1. The van der Waals surface area contributed by atoms with Gasteiger partial charge in [-0.3, -0.25) is 9.98 Å². The maximum absolute atomic E-state index is 6.08. The van der Waals surface area contributed by atoms with Crippen LogP contribution in [0.5, 0.6) is 5.19 Å². The number of piperidine rings is 1. The molecule has 9 heteroatoms. The summed E-state index contributed by atoms with van der Waals surface area (Å²) in [5.41, 5.74) is 0. The van der Waals surface area contributed by atoms with Crippen molar-refractivity contribution in [3.8, 4) is 5.19 Å². The first-order valence-electron chi connectivity index (χ1n) is 8.07. The van der Waals surface area contributed by atoms with Gasteiger partial charge in [0, 0.05) is 39.7 Å². The van der Waals surface area contributed by atoms with Crippen LogP contribution in [0.15, 0.2) is 15.0 Å². The van der Waals surface area contributed by atoms with Crippen LogP contribution in [0.4, 0.5) is 0 Å². The SMILES string of the molecule is C/C=N\C(=N/C)N1CCC([C@H](C)Oc2nn(SC)/c(=N\C)s2)CC1. The Labute approximate surface area is 151 Å². The fourth-order valence-corrected chi connectivity index (χ4v) is 4.24. The molecule has 1 fully saturated rings. The summed E-state index contributed by atoms with van der Waals surface area (Å²) in [7, 11) is 3.56. The van der Waals surface area contributed by atoms with Crippen LogP contribution >= 0.6 is 23.3 Å². The average molecular weight is 371 g/mol. The normalized spacial score (nSPS) is 19.3. The van der Waals surface area contributed by atoms with E-state index in [4.69, 9.17) is 4.74 Å². The van der Waals surface area contributed by atoms with Crippen LogP contribution in [0.25, 0.3) is 0 Å². The van der Waals surface area contributed by atoms with Gasteiger partial charge in [0.25, 0.3) is 5.19 Å². The number of aliphatic imine (C=N–C) groups is 2. The molecular weight excluding hydrogens is 344 g/mol. The Kier molecular flexibility index (Phi) is 7.29. The van der Waals surface area contributed by atoms with Gasteiger partial charge < -0.3 is 9.64 Å². The van der Waals surface area contributed by atoms with E-state index in [9.17, 15) is 0 Å². The lowest BCUT2D eigenvalue weighted by atomic mass is 9.92. The monoisotopic (exact) mass is 370 g/mol. The smallest absolute Gasteiger partial charge is 0.295 e. The second-order valence-electron chi connectivity index (χ2n) is 5.49. The quantitative estimate of drug-likeness (QED) is 0.602. The molecule has 24 heavy (non-hydrogen) atoms. The van der Waals surface area contributed by atoms with Crippen LogP contribution in [0.3, 0.4) is 0 Å². The fourth-order valence-electron chi connectivity index (χ4n) is 2.77. The molecule has 0 unspecified atom stereocenters. The minimum absolute atomic E-state index is 0.134. The topological polar surface area (TPSA) is 67.4 Å². The molecule has 1 aliphatic heterocycles. The predicted molar refractivity (Wildman–Crippen MR) is 102 cm³/mol. The van der Waals surface area contributed by atoms with Crippen molar-refractivity contribution in [1.82, 2.24) is 14.1 Å². The molecule has 1 atom stereocenters. The average Bonchev–Trinajstić information content (AvgIpc) is 3.01. The van der Waals surface area contributed by atoms with Gasteiger partial charge in [-0.2, -0.15) is 4.09 Å². The molecule has 1 aliphatic rings. The zero-order valence-corrected chi connectivity index (χ0v) is 16.6. The van der Waals surface area contributed by atoms with E-state index in [-0.39, 0.29) is 6.10 Å². The minimum atomic E-state index is 0.134. The van der Waals surface area contributed by atoms with Crippen molar-refractivity contribution in [2.45, 2.75) is 32.8 Å². The zero-order chi connectivity index (χ0) is 17.5. The zero-order valence-electron chi connectivity index (χ0n) is 15.0. The molecule has 0 aliphatic carbocycles. The summed E-state index contributed by atoms with van der Waals surface area (Å²) in [6, 6.07) is 0. The van der Waals surface area contributed by atoms with E-state index >= 15 is 0 Å². The van der Waals surface area contributed by atoms with Crippen LogP contribution in [0.2, 0.25) is 0 Å². The highest BCUT2D eigenvalue weighted by Crippen LogP contribution is 2.25. The van der Waals surface area contributed by atoms with Crippen molar-refractivity contribution < 1.29 is 4.74 Å². The molecule has 1 aromatic rings. The number of hydrogen-bond acceptors (Lipinski definition) is 6. The van der Waals surface area contributed by atoms with Crippen LogP contribution in [-0.4, -0.2) is 65.8 Å².